The van der Waals surface area contributed by atoms with Gasteiger partial charge in [0.2, 0.25) is 0 Å². The molecule has 0 unspecified atom stereocenters. The Morgan fingerprint density at radius 1 is 0.692 bits per heavy atom. The predicted molar refractivity (Wildman–Crippen MR) is 178 cm³/mol. The van der Waals surface area contributed by atoms with Crippen LogP contribution in [0.5, 0.6) is 0 Å². The van der Waals surface area contributed by atoms with E-state index in [-0.39, 0.29) is 34.5 Å². The van der Waals surface area contributed by atoms with E-state index >= 15 is 0 Å². The van der Waals surface area contributed by atoms with E-state index in [0.717, 1.165) is 32.1 Å². The van der Waals surface area contributed by atoms with E-state index < -0.39 is 16.6 Å². The van der Waals surface area contributed by atoms with Crippen molar-refractivity contribution in [2.45, 2.75) is 205 Å². The lowest BCUT2D eigenvalue weighted by Gasteiger charge is -2.42. The number of ether oxygens (including phenoxy) is 1. The normalized spacial score (nSPS) is 20.8. The van der Waals surface area contributed by atoms with Crippen molar-refractivity contribution < 1.29 is 13.6 Å². The van der Waals surface area contributed by atoms with E-state index in [1.807, 2.05) is 6.08 Å². The van der Waals surface area contributed by atoms with Crippen LogP contribution < -0.4 is 0 Å². The number of allylic oxidation sites excluding steroid dienone is 1. The van der Waals surface area contributed by atoms with Crippen molar-refractivity contribution in [1.82, 2.24) is 0 Å². The average molecular weight is 583 g/mol. The third-order valence-corrected chi connectivity index (χ3v) is 18.9. The monoisotopic (exact) mass is 582 g/mol. The Morgan fingerprint density at radius 3 is 1.46 bits per heavy atom. The van der Waals surface area contributed by atoms with Crippen LogP contribution in [0.1, 0.15) is 145 Å². The van der Waals surface area contributed by atoms with E-state index in [1.165, 1.54) is 64.2 Å². The molecule has 4 atom stereocenters. The molecule has 0 saturated carbocycles. The summed E-state index contributed by atoms with van der Waals surface area (Å²) in [7, 11) is -3.77. The van der Waals surface area contributed by atoms with Crippen molar-refractivity contribution in [3.8, 4) is 0 Å². The van der Waals surface area contributed by atoms with Crippen molar-refractivity contribution in [2.24, 2.45) is 0 Å². The largest absolute Gasteiger partial charge is 0.411 e. The molecule has 1 fully saturated rings. The second kappa shape index (κ2) is 17.2. The van der Waals surface area contributed by atoms with E-state index in [0.29, 0.717) is 0 Å². The van der Waals surface area contributed by atoms with Gasteiger partial charge in [-0.25, -0.2) is 0 Å². The van der Waals surface area contributed by atoms with Gasteiger partial charge in [-0.2, -0.15) is 0 Å². The summed E-state index contributed by atoms with van der Waals surface area (Å²) in [6.45, 7) is 29.9. The summed E-state index contributed by atoms with van der Waals surface area (Å²) in [5.74, 6) is 0. The maximum atomic E-state index is 7.10. The van der Waals surface area contributed by atoms with Gasteiger partial charge in [0.1, 0.15) is 0 Å². The fourth-order valence-corrected chi connectivity index (χ4v) is 7.86. The molecule has 0 aliphatic carbocycles. The first-order chi connectivity index (χ1) is 18.1. The van der Waals surface area contributed by atoms with Crippen LogP contribution >= 0.6 is 0 Å². The zero-order valence-corrected chi connectivity index (χ0v) is 30.4. The molecule has 0 aromatic carbocycles. The average Bonchev–Trinajstić information content (AvgIpc) is 3.31. The van der Waals surface area contributed by atoms with Crippen molar-refractivity contribution in [1.29, 1.82) is 0 Å². The number of unbranched alkanes of at least 4 members (excludes halogenated alkanes) is 9. The van der Waals surface area contributed by atoms with Crippen LogP contribution in [0.3, 0.4) is 0 Å². The van der Waals surface area contributed by atoms with Crippen LogP contribution in [0.2, 0.25) is 36.3 Å². The molecule has 0 N–H and O–H groups in total. The van der Waals surface area contributed by atoms with Gasteiger partial charge in [-0.05, 0) is 68.4 Å². The number of rotatable bonds is 20. The van der Waals surface area contributed by atoms with Crippen LogP contribution in [-0.2, 0) is 13.6 Å². The molecule has 1 rings (SSSR count). The van der Waals surface area contributed by atoms with Gasteiger partial charge in [-0.3, -0.25) is 0 Å². The first-order valence-corrected chi connectivity index (χ1v) is 22.5. The zero-order valence-electron chi connectivity index (χ0n) is 28.4. The third kappa shape index (κ3) is 13.3. The van der Waals surface area contributed by atoms with Gasteiger partial charge < -0.3 is 13.6 Å². The smallest absolute Gasteiger partial charge is 0.192 e. The summed E-state index contributed by atoms with van der Waals surface area (Å²) in [5, 5.41) is 0.403. The summed E-state index contributed by atoms with van der Waals surface area (Å²) in [6.07, 6.45) is 21.7. The fourth-order valence-electron chi connectivity index (χ4n) is 5.10. The molecule has 39 heavy (non-hydrogen) atoms. The highest BCUT2D eigenvalue weighted by molar-refractivity contribution is 6.74. The molecular formula is C34H70O3Si2. The molecule has 0 radical (unpaired) electrons. The lowest BCUT2D eigenvalue weighted by molar-refractivity contribution is -0.0709. The SMILES string of the molecule is C=CCC[C@H](O[Si](C)(C)C(C)(C)C)[C@@H]1CC[C@H]([C@@H](CCCCCCCCCCCC)O[Si](C)(C)C(C)(C)C)O1. The summed E-state index contributed by atoms with van der Waals surface area (Å²) >= 11 is 0. The second-order valence-corrected chi connectivity index (χ2v) is 25.0. The van der Waals surface area contributed by atoms with Crippen molar-refractivity contribution in [3.05, 3.63) is 12.7 Å². The molecule has 0 bridgehead atoms. The summed E-state index contributed by atoms with van der Waals surface area (Å²) in [5.41, 5.74) is 0. The first-order valence-electron chi connectivity index (χ1n) is 16.7. The van der Waals surface area contributed by atoms with Gasteiger partial charge in [0, 0.05) is 0 Å². The van der Waals surface area contributed by atoms with E-state index in [9.17, 15) is 0 Å². The van der Waals surface area contributed by atoms with Gasteiger partial charge in [0.15, 0.2) is 16.6 Å². The highest BCUT2D eigenvalue weighted by atomic mass is 28.4. The zero-order chi connectivity index (χ0) is 29.7. The van der Waals surface area contributed by atoms with Crippen molar-refractivity contribution in [3.63, 3.8) is 0 Å². The molecule has 0 aromatic heterocycles. The predicted octanol–water partition coefficient (Wildman–Crippen LogP) is 11.6. The maximum absolute atomic E-state index is 7.10. The molecule has 0 amide bonds. The van der Waals surface area contributed by atoms with Gasteiger partial charge in [-0.15, -0.1) is 6.58 Å². The topological polar surface area (TPSA) is 27.7 Å². The molecule has 1 aliphatic rings. The van der Waals surface area contributed by atoms with Crippen molar-refractivity contribution >= 4 is 16.6 Å². The van der Waals surface area contributed by atoms with Crippen LogP contribution in [0.25, 0.3) is 0 Å². The van der Waals surface area contributed by atoms with Gasteiger partial charge >= 0.3 is 0 Å². The molecule has 0 spiro atoms. The molecule has 0 aromatic rings. The molecule has 1 aliphatic heterocycles. The Labute approximate surface area is 247 Å². The molecule has 5 heteroatoms. The van der Waals surface area contributed by atoms with E-state index in [4.69, 9.17) is 13.6 Å². The molecule has 232 valence electrons. The van der Waals surface area contributed by atoms with Crippen LogP contribution in [-0.4, -0.2) is 41.1 Å². The minimum absolute atomic E-state index is 0.153. The van der Waals surface area contributed by atoms with E-state index in [2.05, 4.69) is 81.2 Å². The maximum Gasteiger partial charge on any atom is 0.192 e. The number of hydrogen-bond donors (Lipinski definition) is 0. The molecular weight excluding hydrogens is 513 g/mol. The first kappa shape index (κ1) is 37.1. The van der Waals surface area contributed by atoms with Gasteiger partial charge in [0.05, 0.1) is 24.4 Å². The van der Waals surface area contributed by atoms with Gasteiger partial charge in [-0.1, -0.05) is 119 Å². The van der Waals surface area contributed by atoms with E-state index in [1.54, 1.807) is 0 Å². The van der Waals surface area contributed by atoms with Gasteiger partial charge in [0.25, 0.3) is 0 Å². The Hall–Kier alpha value is 0.0538. The molecule has 3 nitrogen and oxygen atoms in total. The fraction of sp³-hybridized carbons (Fsp3) is 0.941. The number of hydrogen-bond acceptors (Lipinski definition) is 3. The highest BCUT2D eigenvalue weighted by Crippen LogP contribution is 2.42. The van der Waals surface area contributed by atoms with Crippen LogP contribution in [0, 0.1) is 0 Å². The van der Waals surface area contributed by atoms with Crippen LogP contribution in [0.4, 0.5) is 0 Å². The minimum atomic E-state index is -1.88. The quantitative estimate of drug-likeness (QED) is 0.0811. The Balaban J connectivity index is 2.80. The third-order valence-electron chi connectivity index (χ3n) is 9.92. The summed E-state index contributed by atoms with van der Waals surface area (Å²) in [6, 6.07) is 0. The Morgan fingerprint density at radius 2 is 1.08 bits per heavy atom. The van der Waals surface area contributed by atoms with Crippen LogP contribution in [0.15, 0.2) is 12.7 Å². The van der Waals surface area contributed by atoms with Crippen molar-refractivity contribution in [2.75, 3.05) is 0 Å². The summed E-state index contributed by atoms with van der Waals surface area (Å²) < 4.78 is 21.0. The Bertz CT molecular complexity index is 662. The molecule has 1 heterocycles. The lowest BCUT2D eigenvalue weighted by atomic mass is 10.0. The summed E-state index contributed by atoms with van der Waals surface area (Å²) in [4.78, 5) is 0. The minimum Gasteiger partial charge on any atom is -0.411 e. The molecule has 1 saturated heterocycles. The highest BCUT2D eigenvalue weighted by Gasteiger charge is 2.45. The lowest BCUT2D eigenvalue weighted by Crippen LogP contribution is -2.48. The second-order valence-electron chi connectivity index (χ2n) is 15.5. The Kier molecular flexibility index (Phi) is 16.4. The standard InChI is InChI=1S/C34H70O3Si2/c1-13-15-17-18-19-20-21-22-23-24-26-32(37-39(11,12)34(6,7)8)30-28-27-29(35-30)31(25-16-14-2)36-38(9,10)33(3,4)5/h14,29-32H,2,13,15-28H2,1,3-12H3/t29-,30+,31-,32+/m0/s1.